The van der Waals surface area contributed by atoms with Gasteiger partial charge in [-0.1, -0.05) is 18.5 Å². The second-order valence-corrected chi connectivity index (χ2v) is 8.13. The number of likely N-dealkylation sites (N-methyl/N-ethyl adjacent to an activating group) is 1. The summed E-state index contributed by atoms with van der Waals surface area (Å²) in [4.78, 5) is 16.3. The minimum atomic E-state index is -0.324. The van der Waals surface area contributed by atoms with Crippen LogP contribution in [0.5, 0.6) is 5.75 Å². The molecule has 1 aromatic rings. The Morgan fingerprint density at radius 3 is 2.48 bits per heavy atom. The molecule has 1 saturated carbocycles. The molecular weight excluding hydrogens is 392 g/mol. The number of halogens is 1. The van der Waals surface area contributed by atoms with Crippen molar-refractivity contribution in [3.8, 4) is 5.75 Å². The van der Waals surface area contributed by atoms with Gasteiger partial charge in [-0.15, -0.1) is 0 Å². The predicted octanol–water partition coefficient (Wildman–Crippen LogP) is 4.05. The average molecular weight is 427 g/mol. The van der Waals surface area contributed by atoms with E-state index < -0.39 is 0 Å². The first-order valence-electron chi connectivity index (χ1n) is 10.6. The zero-order valence-electron chi connectivity index (χ0n) is 17.7. The number of hydrogen-bond donors (Lipinski definition) is 1. The summed E-state index contributed by atoms with van der Waals surface area (Å²) in [6.45, 7) is 6.52. The lowest BCUT2D eigenvalue weighted by Gasteiger charge is -2.34. The summed E-state index contributed by atoms with van der Waals surface area (Å²) in [7, 11) is 1.81. The number of carbonyl (C=O) groups excluding carboxylic acids is 1. The molecule has 2 rings (SSSR count). The quantitative estimate of drug-likeness (QED) is 0.541. The molecule has 0 radical (unpaired) electrons. The van der Waals surface area contributed by atoms with Crippen LogP contribution in [-0.2, 0) is 4.74 Å². The number of aliphatic hydroxyl groups is 1. The van der Waals surface area contributed by atoms with Crippen molar-refractivity contribution in [3.63, 3.8) is 0 Å². The van der Waals surface area contributed by atoms with Crippen molar-refractivity contribution < 1.29 is 19.4 Å². The molecule has 1 aliphatic rings. The molecule has 1 fully saturated rings. The van der Waals surface area contributed by atoms with Gasteiger partial charge >= 0.3 is 6.09 Å². The molecule has 0 aliphatic heterocycles. The molecule has 29 heavy (non-hydrogen) atoms. The van der Waals surface area contributed by atoms with E-state index in [-0.39, 0.29) is 18.7 Å². The van der Waals surface area contributed by atoms with Crippen molar-refractivity contribution in [1.29, 1.82) is 0 Å². The van der Waals surface area contributed by atoms with Crippen LogP contribution in [0.4, 0.5) is 4.79 Å². The lowest BCUT2D eigenvalue weighted by Crippen LogP contribution is -2.41. The van der Waals surface area contributed by atoms with Crippen LogP contribution in [-0.4, -0.2) is 73.5 Å². The second-order valence-electron chi connectivity index (χ2n) is 7.69. The van der Waals surface area contributed by atoms with Gasteiger partial charge in [0.05, 0.1) is 6.61 Å². The van der Waals surface area contributed by atoms with Crippen LogP contribution in [0, 0.1) is 5.92 Å². The van der Waals surface area contributed by atoms with E-state index in [0.717, 1.165) is 65.0 Å². The first-order chi connectivity index (χ1) is 14.0. The second kappa shape index (κ2) is 13.1. The number of benzene rings is 1. The van der Waals surface area contributed by atoms with Gasteiger partial charge in [0.1, 0.15) is 5.75 Å². The maximum Gasteiger partial charge on any atom is 0.415 e. The number of aliphatic hydroxyl groups excluding tert-OH is 1. The maximum atomic E-state index is 12.4. The topological polar surface area (TPSA) is 62.2 Å². The molecule has 0 unspecified atom stereocenters. The van der Waals surface area contributed by atoms with E-state index in [4.69, 9.17) is 26.2 Å². The van der Waals surface area contributed by atoms with Crippen molar-refractivity contribution in [2.75, 3.05) is 46.5 Å². The minimum absolute atomic E-state index is 0.208. The van der Waals surface area contributed by atoms with Crippen molar-refractivity contribution in [3.05, 3.63) is 29.3 Å². The molecule has 0 heterocycles. The molecule has 7 heteroatoms. The number of hydrogen-bond acceptors (Lipinski definition) is 5. The summed E-state index contributed by atoms with van der Waals surface area (Å²) in [5.74, 6) is 1.07. The van der Waals surface area contributed by atoms with Gasteiger partial charge in [0.15, 0.2) is 0 Å². The van der Waals surface area contributed by atoms with Gasteiger partial charge in [-0.25, -0.2) is 4.79 Å². The van der Waals surface area contributed by atoms with E-state index in [1.54, 1.807) is 29.2 Å². The van der Waals surface area contributed by atoms with Gasteiger partial charge in [0.2, 0.25) is 0 Å². The van der Waals surface area contributed by atoms with Gasteiger partial charge in [0.25, 0.3) is 0 Å². The minimum Gasteiger partial charge on any atom is -0.410 e. The Bertz CT molecular complexity index is 591. The first-order valence-corrected chi connectivity index (χ1v) is 11.0. The van der Waals surface area contributed by atoms with Crippen LogP contribution in [0.25, 0.3) is 0 Å². The SMILES string of the molecule is CCN(CCO)CCCOCC1CCC(N(C)C(=O)Oc2ccc(Cl)cc2)CC1. The van der Waals surface area contributed by atoms with Crippen LogP contribution in [0.3, 0.4) is 0 Å². The monoisotopic (exact) mass is 426 g/mol. The van der Waals surface area contributed by atoms with Crippen molar-refractivity contribution in [2.45, 2.75) is 45.1 Å². The van der Waals surface area contributed by atoms with Gasteiger partial charge in [-0.05, 0) is 68.8 Å². The molecule has 1 aromatic carbocycles. The fourth-order valence-electron chi connectivity index (χ4n) is 3.73. The molecule has 0 saturated heterocycles. The van der Waals surface area contributed by atoms with E-state index in [1.807, 2.05) is 7.05 Å². The van der Waals surface area contributed by atoms with E-state index in [2.05, 4.69) is 11.8 Å². The summed E-state index contributed by atoms with van der Waals surface area (Å²) in [6.07, 6.45) is 4.74. The van der Waals surface area contributed by atoms with Gasteiger partial charge < -0.3 is 24.4 Å². The van der Waals surface area contributed by atoms with E-state index >= 15 is 0 Å². The van der Waals surface area contributed by atoms with Crippen molar-refractivity contribution in [2.24, 2.45) is 5.92 Å². The van der Waals surface area contributed by atoms with Gasteiger partial charge in [0, 0.05) is 44.4 Å². The summed E-state index contributed by atoms with van der Waals surface area (Å²) in [5, 5.41) is 9.63. The maximum absolute atomic E-state index is 12.4. The number of ether oxygens (including phenoxy) is 2. The fraction of sp³-hybridized carbons (Fsp3) is 0.682. The number of carbonyl (C=O) groups is 1. The average Bonchev–Trinajstić information content (AvgIpc) is 2.74. The summed E-state index contributed by atoms with van der Waals surface area (Å²) in [5.41, 5.74) is 0. The highest BCUT2D eigenvalue weighted by Gasteiger charge is 2.27. The lowest BCUT2D eigenvalue weighted by molar-refractivity contribution is 0.0625. The predicted molar refractivity (Wildman–Crippen MR) is 116 cm³/mol. The number of amides is 1. The largest absolute Gasteiger partial charge is 0.415 e. The highest BCUT2D eigenvalue weighted by molar-refractivity contribution is 6.30. The Kier molecular flexibility index (Phi) is 10.8. The zero-order valence-corrected chi connectivity index (χ0v) is 18.4. The highest BCUT2D eigenvalue weighted by Crippen LogP contribution is 2.28. The van der Waals surface area contributed by atoms with Crippen molar-refractivity contribution in [1.82, 2.24) is 9.80 Å². The van der Waals surface area contributed by atoms with E-state index in [0.29, 0.717) is 16.7 Å². The highest BCUT2D eigenvalue weighted by atomic mass is 35.5. The molecule has 1 aliphatic carbocycles. The first kappa shape index (κ1) is 23.9. The fourth-order valence-corrected chi connectivity index (χ4v) is 3.86. The lowest BCUT2D eigenvalue weighted by atomic mass is 9.86. The Hall–Kier alpha value is -1.34. The molecular formula is C22H35ClN2O4. The Labute approximate surface area is 179 Å². The van der Waals surface area contributed by atoms with Crippen LogP contribution in [0.15, 0.2) is 24.3 Å². The number of rotatable bonds is 11. The molecule has 1 amide bonds. The van der Waals surface area contributed by atoms with E-state index in [9.17, 15) is 4.79 Å². The summed E-state index contributed by atoms with van der Waals surface area (Å²) < 4.78 is 11.3. The summed E-state index contributed by atoms with van der Waals surface area (Å²) >= 11 is 5.86. The molecule has 0 bridgehead atoms. The third kappa shape index (κ3) is 8.51. The van der Waals surface area contributed by atoms with E-state index in [1.165, 1.54) is 0 Å². The smallest absolute Gasteiger partial charge is 0.410 e. The normalized spacial score (nSPS) is 19.3. The Balaban J connectivity index is 1.61. The van der Waals surface area contributed by atoms with Gasteiger partial charge in [-0.3, -0.25) is 0 Å². The number of nitrogens with zero attached hydrogens (tertiary/aromatic N) is 2. The molecule has 0 aromatic heterocycles. The van der Waals surface area contributed by atoms with Crippen LogP contribution in [0.2, 0.25) is 5.02 Å². The molecule has 0 spiro atoms. The van der Waals surface area contributed by atoms with Gasteiger partial charge in [-0.2, -0.15) is 0 Å². The third-order valence-corrected chi connectivity index (χ3v) is 5.90. The van der Waals surface area contributed by atoms with Crippen LogP contribution >= 0.6 is 11.6 Å². The molecule has 6 nitrogen and oxygen atoms in total. The molecule has 1 N–H and O–H groups in total. The molecule has 0 atom stereocenters. The zero-order chi connectivity index (χ0) is 21.1. The van der Waals surface area contributed by atoms with Crippen LogP contribution < -0.4 is 4.74 Å². The standard InChI is InChI=1S/C22H35ClN2O4/c1-3-25(14-15-26)13-4-16-28-17-18-5-9-20(10-6-18)24(2)22(27)29-21-11-7-19(23)8-12-21/h7-8,11-12,18,20,26H,3-6,9-10,13-17H2,1-2H3. The Morgan fingerprint density at radius 1 is 1.17 bits per heavy atom. The van der Waals surface area contributed by atoms with Crippen LogP contribution in [0.1, 0.15) is 39.0 Å². The Morgan fingerprint density at radius 2 is 1.86 bits per heavy atom. The summed E-state index contributed by atoms with van der Waals surface area (Å²) in [6, 6.07) is 7.03. The van der Waals surface area contributed by atoms with Crippen molar-refractivity contribution >= 4 is 17.7 Å². The molecule has 164 valence electrons. The third-order valence-electron chi connectivity index (χ3n) is 5.65.